The Balaban J connectivity index is 1.40. The molecule has 2 aromatic carbocycles. The Morgan fingerprint density at radius 1 is 1.00 bits per heavy atom. The summed E-state index contributed by atoms with van der Waals surface area (Å²) in [6, 6.07) is 16.7. The van der Waals surface area contributed by atoms with Gasteiger partial charge in [0.05, 0.1) is 12.4 Å². The molecule has 0 fully saturated rings. The molecule has 2 aliphatic rings. The number of hydrogen-bond donors (Lipinski definition) is 1. The van der Waals surface area contributed by atoms with Crippen molar-refractivity contribution in [2.45, 2.75) is 45.9 Å². The fourth-order valence-electron chi connectivity index (χ4n) is 4.62. The van der Waals surface area contributed by atoms with Crippen LogP contribution in [0.4, 0.5) is 0 Å². The second kappa shape index (κ2) is 10.1. The van der Waals surface area contributed by atoms with Crippen molar-refractivity contribution in [1.82, 2.24) is 35.3 Å². The molecular formula is C26H32N8O2. The summed E-state index contributed by atoms with van der Waals surface area (Å²) in [5.74, 6) is 1.61. The van der Waals surface area contributed by atoms with Gasteiger partial charge >= 0.3 is 0 Å². The lowest BCUT2D eigenvalue weighted by Gasteiger charge is -2.42. The van der Waals surface area contributed by atoms with Gasteiger partial charge in [0.2, 0.25) is 0 Å². The zero-order valence-corrected chi connectivity index (χ0v) is 21.3. The van der Waals surface area contributed by atoms with Crippen LogP contribution in [-0.2, 0) is 16.0 Å². The van der Waals surface area contributed by atoms with Gasteiger partial charge in [0.15, 0.2) is 11.7 Å². The molecule has 3 aromatic rings. The summed E-state index contributed by atoms with van der Waals surface area (Å²) in [7, 11) is 3.45. The number of nitrogens with zero attached hydrogens (tertiary/aromatic N) is 7. The average molecular weight is 489 g/mol. The maximum atomic E-state index is 5.66. The van der Waals surface area contributed by atoms with Gasteiger partial charge in [0.1, 0.15) is 18.6 Å². The van der Waals surface area contributed by atoms with Crippen molar-refractivity contribution in [3.63, 3.8) is 0 Å². The number of hydrogen-bond acceptors (Lipinski definition) is 9. The molecule has 188 valence electrons. The zero-order chi connectivity index (χ0) is 25.2. The molecule has 0 saturated carbocycles. The quantitative estimate of drug-likeness (QED) is 0.515. The lowest BCUT2D eigenvalue weighted by Crippen LogP contribution is -2.52. The van der Waals surface area contributed by atoms with E-state index in [1.807, 2.05) is 32.0 Å². The summed E-state index contributed by atoms with van der Waals surface area (Å²) in [5.41, 5.74) is 5.42. The molecule has 0 bridgehead atoms. The predicted octanol–water partition coefficient (Wildman–Crippen LogP) is 3.50. The van der Waals surface area contributed by atoms with Crippen LogP contribution in [0.25, 0.3) is 22.5 Å². The second-order valence-electron chi connectivity index (χ2n) is 9.01. The topological polar surface area (TPSA) is 95.0 Å². The Bertz CT molecular complexity index is 1240. The molecule has 2 aliphatic heterocycles. The molecule has 0 aliphatic carbocycles. The minimum atomic E-state index is -0.106. The SMILES string of the molecule is COC(C)N1C=C2C(=NC(C)N2Cc2ccc(-c3ccccc3-c3nnn[nH]3)cc2)N(C(C)OC)C1. The van der Waals surface area contributed by atoms with Crippen LogP contribution in [0.2, 0.25) is 0 Å². The molecular weight excluding hydrogens is 456 g/mol. The number of ether oxygens (including phenoxy) is 2. The third kappa shape index (κ3) is 4.45. The van der Waals surface area contributed by atoms with Crippen molar-refractivity contribution in [2.75, 3.05) is 20.9 Å². The molecule has 10 heteroatoms. The molecule has 0 amide bonds. The zero-order valence-electron chi connectivity index (χ0n) is 21.3. The van der Waals surface area contributed by atoms with Crippen molar-refractivity contribution in [3.05, 3.63) is 66.0 Å². The molecule has 3 atom stereocenters. The first-order valence-corrected chi connectivity index (χ1v) is 12.1. The molecule has 0 radical (unpaired) electrons. The molecule has 3 unspecified atom stereocenters. The first kappa shape index (κ1) is 24.0. The highest BCUT2D eigenvalue weighted by Gasteiger charge is 2.38. The number of aliphatic imine (C=N–C) groups is 1. The first-order chi connectivity index (χ1) is 17.5. The van der Waals surface area contributed by atoms with Crippen LogP contribution in [0.5, 0.6) is 0 Å². The van der Waals surface area contributed by atoms with E-state index >= 15 is 0 Å². The highest BCUT2D eigenvalue weighted by Crippen LogP contribution is 2.33. The fraction of sp³-hybridized carbons (Fsp3) is 0.385. The Labute approximate surface area is 211 Å². The van der Waals surface area contributed by atoms with Gasteiger partial charge in [-0.3, -0.25) is 0 Å². The number of aromatic nitrogens is 4. The summed E-state index contributed by atoms with van der Waals surface area (Å²) in [5, 5.41) is 14.4. The molecule has 3 heterocycles. The monoisotopic (exact) mass is 488 g/mol. The average Bonchev–Trinajstić information content (AvgIpc) is 3.56. The van der Waals surface area contributed by atoms with E-state index in [1.165, 1.54) is 5.56 Å². The maximum absolute atomic E-state index is 5.66. The van der Waals surface area contributed by atoms with Gasteiger partial charge < -0.3 is 24.2 Å². The molecule has 1 N–H and O–H groups in total. The van der Waals surface area contributed by atoms with Crippen LogP contribution in [0, 0.1) is 0 Å². The Kier molecular flexibility index (Phi) is 6.71. The predicted molar refractivity (Wildman–Crippen MR) is 137 cm³/mol. The van der Waals surface area contributed by atoms with Crippen LogP contribution >= 0.6 is 0 Å². The van der Waals surface area contributed by atoms with Gasteiger partial charge in [-0.1, -0.05) is 48.5 Å². The van der Waals surface area contributed by atoms with E-state index in [9.17, 15) is 0 Å². The second-order valence-corrected chi connectivity index (χ2v) is 9.01. The van der Waals surface area contributed by atoms with Crippen molar-refractivity contribution in [2.24, 2.45) is 4.99 Å². The molecule has 0 saturated heterocycles. The minimum absolute atomic E-state index is 0.00922. The number of amidine groups is 1. The number of tetrazole rings is 1. The van der Waals surface area contributed by atoms with Gasteiger partial charge in [-0.25, -0.2) is 10.1 Å². The van der Waals surface area contributed by atoms with E-state index in [1.54, 1.807) is 14.2 Å². The lowest BCUT2D eigenvalue weighted by molar-refractivity contribution is -0.0510. The Morgan fingerprint density at radius 3 is 2.39 bits per heavy atom. The van der Waals surface area contributed by atoms with Crippen LogP contribution in [-0.4, -0.2) is 80.7 Å². The first-order valence-electron chi connectivity index (χ1n) is 12.1. The van der Waals surface area contributed by atoms with Gasteiger partial charge in [-0.2, -0.15) is 0 Å². The van der Waals surface area contributed by atoms with Gasteiger partial charge in [-0.05, 0) is 47.9 Å². The number of aromatic amines is 1. The van der Waals surface area contributed by atoms with E-state index in [0.29, 0.717) is 12.5 Å². The lowest BCUT2D eigenvalue weighted by atomic mass is 9.98. The number of H-pyrrole nitrogens is 1. The van der Waals surface area contributed by atoms with E-state index in [4.69, 9.17) is 14.5 Å². The van der Waals surface area contributed by atoms with Crippen molar-refractivity contribution < 1.29 is 9.47 Å². The molecule has 36 heavy (non-hydrogen) atoms. The maximum Gasteiger partial charge on any atom is 0.180 e. The summed E-state index contributed by atoms with van der Waals surface area (Å²) in [6.07, 6.45) is 1.99. The van der Waals surface area contributed by atoms with E-state index in [-0.39, 0.29) is 18.6 Å². The normalized spacial score (nSPS) is 19.1. The van der Waals surface area contributed by atoms with Gasteiger partial charge in [0.25, 0.3) is 0 Å². The molecule has 0 spiro atoms. The number of nitrogens with one attached hydrogen (secondary N) is 1. The summed E-state index contributed by atoms with van der Waals surface area (Å²) in [4.78, 5) is 11.7. The summed E-state index contributed by atoms with van der Waals surface area (Å²) in [6.45, 7) is 7.60. The largest absolute Gasteiger partial charge is 0.362 e. The fourth-order valence-corrected chi connectivity index (χ4v) is 4.62. The Morgan fingerprint density at radius 2 is 1.72 bits per heavy atom. The van der Waals surface area contributed by atoms with E-state index < -0.39 is 0 Å². The van der Waals surface area contributed by atoms with Crippen molar-refractivity contribution >= 4 is 5.84 Å². The number of methoxy groups -OCH3 is 2. The van der Waals surface area contributed by atoms with Crippen LogP contribution < -0.4 is 0 Å². The standard InChI is InChI=1S/C26H32N8O2/c1-17-27-26-24(15-32(18(2)35-4)16-34(26)19(3)36-5)33(17)14-20-10-12-21(13-11-20)22-8-6-7-9-23(22)25-28-30-31-29-25/h6-13,15,17-19H,14,16H2,1-5H3,(H,28,29,30,31). The summed E-state index contributed by atoms with van der Waals surface area (Å²) >= 11 is 0. The number of rotatable bonds is 8. The summed E-state index contributed by atoms with van der Waals surface area (Å²) < 4.78 is 11.3. The van der Waals surface area contributed by atoms with E-state index in [2.05, 4.69) is 78.8 Å². The highest BCUT2D eigenvalue weighted by molar-refractivity contribution is 6.00. The minimum Gasteiger partial charge on any atom is -0.362 e. The third-order valence-corrected chi connectivity index (χ3v) is 6.91. The number of fused-ring (bicyclic) bond motifs is 1. The molecule has 1 aromatic heterocycles. The molecule has 5 rings (SSSR count). The van der Waals surface area contributed by atoms with Gasteiger partial charge in [0, 0.05) is 32.5 Å². The van der Waals surface area contributed by atoms with E-state index in [0.717, 1.165) is 34.8 Å². The highest BCUT2D eigenvalue weighted by atomic mass is 16.5. The van der Waals surface area contributed by atoms with Crippen molar-refractivity contribution in [1.29, 1.82) is 0 Å². The number of benzene rings is 2. The van der Waals surface area contributed by atoms with Crippen LogP contribution in [0.15, 0.2) is 65.4 Å². The van der Waals surface area contributed by atoms with Crippen molar-refractivity contribution in [3.8, 4) is 22.5 Å². The third-order valence-electron chi connectivity index (χ3n) is 6.91. The Hall–Kier alpha value is -3.76. The van der Waals surface area contributed by atoms with Crippen LogP contribution in [0.1, 0.15) is 26.3 Å². The smallest absolute Gasteiger partial charge is 0.180 e. The van der Waals surface area contributed by atoms with Crippen LogP contribution in [0.3, 0.4) is 0 Å². The van der Waals surface area contributed by atoms with Gasteiger partial charge in [-0.15, -0.1) is 5.10 Å². The molecule has 10 nitrogen and oxygen atoms in total.